The maximum atomic E-state index is 5.42. The molecule has 0 aromatic heterocycles. The average Bonchev–Trinajstić information content (AvgIpc) is 2.30. The zero-order chi connectivity index (χ0) is 11.5. The first kappa shape index (κ1) is 11.7. The lowest BCUT2D eigenvalue weighted by Crippen LogP contribution is -2.38. The number of nitrogens with zero attached hydrogens (tertiary/aromatic N) is 1. The van der Waals surface area contributed by atoms with Gasteiger partial charge < -0.3 is 9.64 Å². The van der Waals surface area contributed by atoms with Gasteiger partial charge in [0.15, 0.2) is 0 Å². The van der Waals surface area contributed by atoms with Crippen LogP contribution in [0.2, 0.25) is 0 Å². The monoisotopic (exact) mass is 221 g/mol. The van der Waals surface area contributed by atoms with Gasteiger partial charge in [0.25, 0.3) is 0 Å². The summed E-state index contributed by atoms with van der Waals surface area (Å²) in [5, 5.41) is 0. The lowest BCUT2D eigenvalue weighted by molar-refractivity contribution is 0.0488. The largest absolute Gasteiger partial charge is 0.378 e. The van der Waals surface area contributed by atoms with Gasteiger partial charge in [-0.15, -0.1) is 0 Å². The van der Waals surface area contributed by atoms with Crippen LogP contribution in [0.25, 0.3) is 0 Å². The molecule has 0 saturated carbocycles. The minimum absolute atomic E-state index is 0.642. The highest BCUT2D eigenvalue weighted by atomic mass is 16.5. The topological polar surface area (TPSA) is 12.5 Å². The molecule has 1 aliphatic carbocycles. The van der Waals surface area contributed by atoms with Crippen molar-refractivity contribution in [2.45, 2.75) is 27.2 Å². The molecule has 0 aromatic carbocycles. The second-order valence-corrected chi connectivity index (χ2v) is 5.16. The van der Waals surface area contributed by atoms with Crippen molar-refractivity contribution >= 4 is 0 Å². The van der Waals surface area contributed by atoms with Crippen LogP contribution in [0, 0.1) is 11.8 Å². The zero-order valence-corrected chi connectivity index (χ0v) is 10.7. The van der Waals surface area contributed by atoms with Gasteiger partial charge in [0, 0.05) is 18.8 Å². The Morgan fingerprint density at radius 3 is 2.62 bits per heavy atom. The fourth-order valence-electron chi connectivity index (χ4n) is 2.43. The van der Waals surface area contributed by atoms with Crippen molar-refractivity contribution in [2.24, 2.45) is 11.8 Å². The molecule has 0 bridgehead atoms. The zero-order valence-electron chi connectivity index (χ0n) is 10.7. The molecule has 0 aromatic rings. The van der Waals surface area contributed by atoms with Gasteiger partial charge >= 0.3 is 0 Å². The van der Waals surface area contributed by atoms with Gasteiger partial charge in [-0.3, -0.25) is 0 Å². The van der Waals surface area contributed by atoms with Crippen LogP contribution in [-0.2, 0) is 4.74 Å². The van der Waals surface area contributed by atoms with Crippen molar-refractivity contribution in [2.75, 3.05) is 26.3 Å². The van der Waals surface area contributed by atoms with Crippen molar-refractivity contribution < 1.29 is 4.74 Å². The average molecular weight is 221 g/mol. The van der Waals surface area contributed by atoms with Gasteiger partial charge in [-0.25, -0.2) is 0 Å². The van der Waals surface area contributed by atoms with Crippen LogP contribution >= 0.6 is 0 Å². The van der Waals surface area contributed by atoms with Crippen LogP contribution in [-0.4, -0.2) is 31.2 Å². The van der Waals surface area contributed by atoms with Crippen molar-refractivity contribution in [3.8, 4) is 0 Å². The van der Waals surface area contributed by atoms with Crippen molar-refractivity contribution in [3.63, 3.8) is 0 Å². The number of hydrogen-bond acceptors (Lipinski definition) is 2. The predicted octanol–water partition coefficient (Wildman–Crippen LogP) is 2.82. The number of morpholine rings is 1. The second kappa shape index (κ2) is 5.05. The molecule has 2 heteroatoms. The summed E-state index contributed by atoms with van der Waals surface area (Å²) in [5.74, 6) is 1.31. The molecule has 2 nitrogen and oxygen atoms in total. The first-order valence-electron chi connectivity index (χ1n) is 6.43. The molecule has 90 valence electrons. The Hall–Kier alpha value is -0.760. The molecular weight excluding hydrogens is 198 g/mol. The summed E-state index contributed by atoms with van der Waals surface area (Å²) in [6.45, 7) is 10.7. The Morgan fingerprint density at radius 1 is 1.31 bits per heavy atom. The molecule has 1 heterocycles. The lowest BCUT2D eigenvalue weighted by Gasteiger charge is -2.36. The van der Waals surface area contributed by atoms with Crippen molar-refractivity contribution in [3.05, 3.63) is 23.4 Å². The predicted molar refractivity (Wildman–Crippen MR) is 67.2 cm³/mol. The summed E-state index contributed by atoms with van der Waals surface area (Å²) >= 11 is 0. The number of hydrogen-bond donors (Lipinski definition) is 0. The van der Waals surface area contributed by atoms with E-state index in [9.17, 15) is 0 Å². The molecule has 1 atom stereocenters. The van der Waals surface area contributed by atoms with Crippen LogP contribution in [0.4, 0.5) is 0 Å². The SMILES string of the molecule is CC(C)C1=CCC(C)C(N2CCOCC2)=C1. The maximum Gasteiger partial charge on any atom is 0.0642 e. The van der Waals surface area contributed by atoms with Gasteiger partial charge in [-0.05, 0) is 29.9 Å². The Morgan fingerprint density at radius 2 is 2.00 bits per heavy atom. The number of allylic oxidation sites excluding steroid dienone is 4. The van der Waals surface area contributed by atoms with E-state index in [0.717, 1.165) is 26.3 Å². The van der Waals surface area contributed by atoms with Crippen LogP contribution in [0.3, 0.4) is 0 Å². The van der Waals surface area contributed by atoms with Crippen LogP contribution in [0.1, 0.15) is 27.2 Å². The van der Waals surface area contributed by atoms with E-state index >= 15 is 0 Å². The second-order valence-electron chi connectivity index (χ2n) is 5.16. The Kier molecular flexibility index (Phi) is 3.70. The molecule has 16 heavy (non-hydrogen) atoms. The summed E-state index contributed by atoms with van der Waals surface area (Å²) in [7, 11) is 0. The Labute approximate surface area is 99.0 Å². The molecule has 2 rings (SSSR count). The molecule has 0 radical (unpaired) electrons. The number of rotatable bonds is 2. The van der Waals surface area contributed by atoms with Gasteiger partial charge in [0.1, 0.15) is 0 Å². The van der Waals surface area contributed by atoms with Gasteiger partial charge in [-0.1, -0.05) is 26.8 Å². The van der Waals surface area contributed by atoms with E-state index in [4.69, 9.17) is 4.74 Å². The maximum absolute atomic E-state index is 5.42. The van der Waals surface area contributed by atoms with Gasteiger partial charge in [-0.2, -0.15) is 0 Å². The van der Waals surface area contributed by atoms with E-state index in [0.29, 0.717) is 11.8 Å². The van der Waals surface area contributed by atoms with E-state index in [1.165, 1.54) is 17.7 Å². The summed E-state index contributed by atoms with van der Waals surface area (Å²) in [6.07, 6.45) is 6.00. The smallest absolute Gasteiger partial charge is 0.0642 e. The molecule has 1 aliphatic heterocycles. The minimum Gasteiger partial charge on any atom is -0.378 e. The molecular formula is C14H23NO. The minimum atomic E-state index is 0.642. The summed E-state index contributed by atoms with van der Waals surface area (Å²) < 4.78 is 5.42. The Balaban J connectivity index is 2.13. The van der Waals surface area contributed by atoms with Crippen LogP contribution in [0.15, 0.2) is 23.4 Å². The highest BCUT2D eigenvalue weighted by molar-refractivity contribution is 5.30. The lowest BCUT2D eigenvalue weighted by atomic mass is 9.89. The van der Waals surface area contributed by atoms with Crippen LogP contribution in [0.5, 0.6) is 0 Å². The normalized spacial score (nSPS) is 26.8. The fraction of sp³-hybridized carbons (Fsp3) is 0.714. The third-order valence-corrected chi connectivity index (χ3v) is 3.57. The highest BCUT2D eigenvalue weighted by Crippen LogP contribution is 2.29. The first-order valence-corrected chi connectivity index (χ1v) is 6.43. The van der Waals surface area contributed by atoms with E-state index in [1.807, 2.05) is 0 Å². The standard InChI is InChI=1S/C14H23NO/c1-11(2)13-5-4-12(3)14(10-13)15-6-8-16-9-7-15/h5,10-12H,4,6-9H2,1-3H3. The third kappa shape index (κ3) is 2.49. The van der Waals surface area contributed by atoms with Crippen molar-refractivity contribution in [1.29, 1.82) is 0 Å². The quantitative estimate of drug-likeness (QED) is 0.711. The molecule has 2 aliphatic rings. The van der Waals surface area contributed by atoms with E-state index in [2.05, 4.69) is 37.8 Å². The summed E-state index contributed by atoms with van der Waals surface area (Å²) in [4.78, 5) is 2.50. The van der Waals surface area contributed by atoms with Crippen LogP contribution < -0.4 is 0 Å². The van der Waals surface area contributed by atoms with E-state index < -0.39 is 0 Å². The molecule has 1 fully saturated rings. The first-order chi connectivity index (χ1) is 7.68. The van der Waals surface area contributed by atoms with E-state index in [1.54, 1.807) is 0 Å². The van der Waals surface area contributed by atoms with Gasteiger partial charge in [0.05, 0.1) is 13.2 Å². The molecule has 0 amide bonds. The Bertz CT molecular complexity index is 298. The third-order valence-electron chi connectivity index (χ3n) is 3.57. The fourth-order valence-corrected chi connectivity index (χ4v) is 2.43. The molecule has 0 N–H and O–H groups in total. The van der Waals surface area contributed by atoms with E-state index in [-0.39, 0.29) is 0 Å². The van der Waals surface area contributed by atoms with Gasteiger partial charge in [0.2, 0.25) is 0 Å². The molecule has 0 spiro atoms. The summed E-state index contributed by atoms with van der Waals surface area (Å²) in [5.41, 5.74) is 3.02. The highest BCUT2D eigenvalue weighted by Gasteiger charge is 2.21. The molecule has 1 unspecified atom stereocenters. The molecule has 1 saturated heterocycles. The summed E-state index contributed by atoms with van der Waals surface area (Å²) in [6, 6.07) is 0. The van der Waals surface area contributed by atoms with Crippen molar-refractivity contribution in [1.82, 2.24) is 4.90 Å². The number of ether oxygens (including phenoxy) is 1.